The lowest BCUT2D eigenvalue weighted by atomic mass is 10.1. The Morgan fingerprint density at radius 1 is 1.08 bits per heavy atom. The van der Waals surface area contributed by atoms with Crippen LogP contribution in [-0.4, -0.2) is 17.6 Å². The molecule has 3 rings (SSSR count). The number of hydrogen-bond acceptors (Lipinski definition) is 4. The maximum absolute atomic E-state index is 11.9. The zero-order chi connectivity index (χ0) is 16.8. The zero-order valence-electron chi connectivity index (χ0n) is 13.7. The first-order valence-corrected chi connectivity index (χ1v) is 9.99. The van der Waals surface area contributed by atoms with E-state index in [1.807, 2.05) is 66.0 Å². The van der Waals surface area contributed by atoms with Gasteiger partial charge < -0.3 is 4.74 Å². The Balaban J connectivity index is 1.55. The normalized spacial score (nSPS) is 16.4. The van der Waals surface area contributed by atoms with E-state index < -0.39 is 6.09 Å². The fraction of sp³-hybridized carbons (Fsp3) is 0.316. The molecule has 1 heterocycles. The Kier molecular flexibility index (Phi) is 5.74. The topological polar surface area (TPSA) is 38.3 Å². The standard InChI is InChI=1S/C19H21NO2S2/c1-19(23-12-5-13-24-19)16-8-10-17(11-9-16)20-18(21)22-14-15-6-3-2-4-7-15/h2-4,6-11H,5,12-14H2,1H3,(H,20,21). The van der Waals surface area contributed by atoms with Crippen molar-refractivity contribution >= 4 is 35.3 Å². The van der Waals surface area contributed by atoms with Crippen molar-refractivity contribution < 1.29 is 9.53 Å². The largest absolute Gasteiger partial charge is 0.444 e. The maximum atomic E-state index is 11.9. The van der Waals surface area contributed by atoms with Gasteiger partial charge in [0, 0.05) is 5.69 Å². The summed E-state index contributed by atoms with van der Waals surface area (Å²) in [5.74, 6) is 2.41. The molecule has 0 spiro atoms. The van der Waals surface area contributed by atoms with Gasteiger partial charge in [-0.3, -0.25) is 5.32 Å². The maximum Gasteiger partial charge on any atom is 0.411 e. The molecule has 2 aromatic rings. The molecule has 1 saturated heterocycles. The third-order valence-electron chi connectivity index (χ3n) is 3.91. The van der Waals surface area contributed by atoms with Gasteiger partial charge in [-0.2, -0.15) is 0 Å². The fourth-order valence-corrected chi connectivity index (χ4v) is 5.51. The van der Waals surface area contributed by atoms with E-state index in [1.54, 1.807) is 0 Å². The summed E-state index contributed by atoms with van der Waals surface area (Å²) in [5, 5.41) is 2.78. The van der Waals surface area contributed by atoms with E-state index in [1.165, 1.54) is 23.5 Å². The summed E-state index contributed by atoms with van der Waals surface area (Å²) in [6.45, 7) is 2.55. The number of thioether (sulfide) groups is 2. The van der Waals surface area contributed by atoms with Crippen LogP contribution < -0.4 is 5.32 Å². The number of anilines is 1. The first-order valence-electron chi connectivity index (χ1n) is 8.02. The summed E-state index contributed by atoms with van der Waals surface area (Å²) in [6, 6.07) is 17.7. The molecule has 0 saturated carbocycles. The van der Waals surface area contributed by atoms with Gasteiger partial charge in [-0.1, -0.05) is 42.5 Å². The molecule has 1 N–H and O–H groups in total. The molecule has 126 valence electrons. The summed E-state index contributed by atoms with van der Waals surface area (Å²) in [7, 11) is 0. The third-order valence-corrected chi connectivity index (χ3v) is 7.18. The highest BCUT2D eigenvalue weighted by Gasteiger charge is 2.30. The van der Waals surface area contributed by atoms with Gasteiger partial charge in [0.2, 0.25) is 0 Å². The minimum Gasteiger partial charge on any atom is -0.444 e. The van der Waals surface area contributed by atoms with Crippen LogP contribution in [0.1, 0.15) is 24.5 Å². The van der Waals surface area contributed by atoms with Crippen molar-refractivity contribution in [3.05, 3.63) is 65.7 Å². The molecular weight excluding hydrogens is 338 g/mol. The molecule has 0 bridgehead atoms. The van der Waals surface area contributed by atoms with E-state index >= 15 is 0 Å². The predicted octanol–water partition coefficient (Wildman–Crippen LogP) is 5.48. The summed E-state index contributed by atoms with van der Waals surface area (Å²) < 4.78 is 5.36. The molecule has 1 fully saturated rings. The van der Waals surface area contributed by atoms with Crippen molar-refractivity contribution in [2.45, 2.75) is 24.0 Å². The monoisotopic (exact) mass is 359 g/mol. The minimum atomic E-state index is -0.431. The SMILES string of the molecule is CC1(c2ccc(NC(=O)OCc3ccccc3)cc2)SCCCS1. The molecule has 2 aromatic carbocycles. The lowest BCUT2D eigenvalue weighted by molar-refractivity contribution is 0.155. The Labute approximate surface area is 151 Å². The van der Waals surface area contributed by atoms with Crippen LogP contribution in [0.15, 0.2) is 54.6 Å². The molecule has 5 heteroatoms. The van der Waals surface area contributed by atoms with Crippen LogP contribution in [0.2, 0.25) is 0 Å². The van der Waals surface area contributed by atoms with Crippen LogP contribution in [0, 0.1) is 0 Å². The van der Waals surface area contributed by atoms with Crippen molar-refractivity contribution in [1.82, 2.24) is 0 Å². The molecule has 0 unspecified atom stereocenters. The summed E-state index contributed by atoms with van der Waals surface area (Å²) in [6.07, 6.45) is 0.844. The highest BCUT2D eigenvalue weighted by molar-refractivity contribution is 8.18. The summed E-state index contributed by atoms with van der Waals surface area (Å²) >= 11 is 3.99. The Bertz CT molecular complexity index is 668. The van der Waals surface area contributed by atoms with E-state index in [2.05, 4.69) is 24.4 Å². The Morgan fingerprint density at radius 3 is 2.42 bits per heavy atom. The van der Waals surface area contributed by atoms with Crippen LogP contribution in [0.25, 0.3) is 0 Å². The van der Waals surface area contributed by atoms with Gasteiger partial charge in [-0.15, -0.1) is 23.5 Å². The highest BCUT2D eigenvalue weighted by atomic mass is 32.2. The van der Waals surface area contributed by atoms with Crippen LogP contribution in [0.3, 0.4) is 0 Å². The molecule has 0 atom stereocenters. The number of ether oxygens (including phenoxy) is 1. The molecule has 0 aliphatic carbocycles. The van der Waals surface area contributed by atoms with E-state index in [-0.39, 0.29) is 10.7 Å². The number of nitrogens with one attached hydrogen (secondary N) is 1. The van der Waals surface area contributed by atoms with Crippen molar-refractivity contribution in [2.24, 2.45) is 0 Å². The van der Waals surface area contributed by atoms with E-state index in [0.29, 0.717) is 0 Å². The van der Waals surface area contributed by atoms with Gasteiger partial charge in [-0.05, 0) is 48.1 Å². The number of hydrogen-bond donors (Lipinski definition) is 1. The number of carbonyl (C=O) groups excluding carboxylic acids is 1. The molecule has 0 radical (unpaired) electrons. The highest BCUT2D eigenvalue weighted by Crippen LogP contribution is 2.49. The van der Waals surface area contributed by atoms with Crippen molar-refractivity contribution in [2.75, 3.05) is 16.8 Å². The number of amides is 1. The number of carbonyl (C=O) groups is 1. The molecule has 1 aliphatic rings. The zero-order valence-corrected chi connectivity index (χ0v) is 15.3. The van der Waals surface area contributed by atoms with E-state index in [0.717, 1.165) is 11.3 Å². The van der Waals surface area contributed by atoms with Crippen LogP contribution >= 0.6 is 23.5 Å². The second-order valence-electron chi connectivity index (χ2n) is 5.76. The van der Waals surface area contributed by atoms with Gasteiger partial charge in [0.1, 0.15) is 6.61 Å². The van der Waals surface area contributed by atoms with Crippen LogP contribution in [0.4, 0.5) is 10.5 Å². The summed E-state index contributed by atoms with van der Waals surface area (Å²) in [4.78, 5) is 11.9. The van der Waals surface area contributed by atoms with Gasteiger partial charge in [0.25, 0.3) is 0 Å². The first kappa shape index (κ1) is 17.2. The van der Waals surface area contributed by atoms with Crippen LogP contribution in [-0.2, 0) is 15.4 Å². The molecule has 24 heavy (non-hydrogen) atoms. The summed E-state index contributed by atoms with van der Waals surface area (Å²) in [5.41, 5.74) is 3.02. The molecule has 0 aromatic heterocycles. The van der Waals surface area contributed by atoms with Crippen LogP contribution in [0.5, 0.6) is 0 Å². The van der Waals surface area contributed by atoms with Gasteiger partial charge in [-0.25, -0.2) is 4.79 Å². The average molecular weight is 360 g/mol. The lowest BCUT2D eigenvalue weighted by Gasteiger charge is -2.32. The number of rotatable bonds is 4. The minimum absolute atomic E-state index is 0.116. The van der Waals surface area contributed by atoms with Gasteiger partial charge >= 0.3 is 6.09 Å². The average Bonchev–Trinajstić information content (AvgIpc) is 2.62. The van der Waals surface area contributed by atoms with Gasteiger partial charge in [0.05, 0.1) is 4.08 Å². The quantitative estimate of drug-likeness (QED) is 0.785. The molecular formula is C19H21NO2S2. The molecule has 1 amide bonds. The lowest BCUT2D eigenvalue weighted by Crippen LogP contribution is -2.18. The van der Waals surface area contributed by atoms with E-state index in [4.69, 9.17) is 4.74 Å². The number of benzene rings is 2. The predicted molar refractivity (Wildman–Crippen MR) is 104 cm³/mol. The molecule has 1 aliphatic heterocycles. The third kappa shape index (κ3) is 4.48. The van der Waals surface area contributed by atoms with Crippen molar-refractivity contribution in [3.63, 3.8) is 0 Å². The van der Waals surface area contributed by atoms with Crippen molar-refractivity contribution in [1.29, 1.82) is 0 Å². The van der Waals surface area contributed by atoms with Crippen molar-refractivity contribution in [3.8, 4) is 0 Å². The fourth-order valence-electron chi connectivity index (χ4n) is 2.53. The smallest absolute Gasteiger partial charge is 0.411 e. The van der Waals surface area contributed by atoms with Gasteiger partial charge in [0.15, 0.2) is 0 Å². The first-order chi connectivity index (χ1) is 11.7. The Morgan fingerprint density at radius 2 is 1.75 bits per heavy atom. The second-order valence-corrected chi connectivity index (χ2v) is 9.05. The van der Waals surface area contributed by atoms with E-state index in [9.17, 15) is 4.79 Å². The second kappa shape index (κ2) is 7.99. The Hall–Kier alpha value is -1.59. The molecule has 3 nitrogen and oxygen atoms in total.